The number of hydrogen-bond donors (Lipinski definition) is 1. The van der Waals surface area contributed by atoms with Crippen molar-refractivity contribution in [3.63, 3.8) is 0 Å². The fraction of sp³-hybridized carbons (Fsp3) is 0.273. The summed E-state index contributed by atoms with van der Waals surface area (Å²) >= 11 is 5.69. The van der Waals surface area contributed by atoms with Crippen LogP contribution in [-0.4, -0.2) is 6.54 Å². The quantitative estimate of drug-likeness (QED) is 0.565. The molecule has 0 fully saturated rings. The molecule has 1 rings (SSSR count). The summed E-state index contributed by atoms with van der Waals surface area (Å²) in [7, 11) is 0. The Hall–Kier alpha value is -0.970. The molecule has 1 nitrogen and oxygen atoms in total. The van der Waals surface area contributed by atoms with Gasteiger partial charge in [-0.25, -0.2) is 0 Å². The third-order valence-electron chi connectivity index (χ3n) is 1.58. The largest absolute Gasteiger partial charge is 0.330 e. The van der Waals surface area contributed by atoms with Gasteiger partial charge in [0, 0.05) is 24.4 Å². The van der Waals surface area contributed by atoms with Crippen molar-refractivity contribution in [3.8, 4) is 11.8 Å². The van der Waals surface area contributed by atoms with Gasteiger partial charge in [0.1, 0.15) is 0 Å². The number of hydrogen-bond acceptors (Lipinski definition) is 1. The molecule has 0 unspecified atom stereocenters. The zero-order chi connectivity index (χ0) is 9.52. The number of nitrogens with two attached hydrogens (primary N) is 1. The van der Waals surface area contributed by atoms with E-state index in [4.69, 9.17) is 17.3 Å². The van der Waals surface area contributed by atoms with Gasteiger partial charge in [0.25, 0.3) is 0 Å². The van der Waals surface area contributed by atoms with Gasteiger partial charge < -0.3 is 5.73 Å². The smallest absolute Gasteiger partial charge is 0.0474 e. The van der Waals surface area contributed by atoms with Crippen LogP contribution in [0.15, 0.2) is 24.3 Å². The highest BCUT2D eigenvalue weighted by atomic mass is 35.5. The zero-order valence-electron chi connectivity index (χ0n) is 7.39. The summed E-state index contributed by atoms with van der Waals surface area (Å²) in [5, 5.41) is 0. The van der Waals surface area contributed by atoms with Crippen molar-refractivity contribution in [3.05, 3.63) is 35.4 Å². The molecule has 13 heavy (non-hydrogen) atoms. The van der Waals surface area contributed by atoms with Crippen LogP contribution in [0.1, 0.15) is 17.5 Å². The van der Waals surface area contributed by atoms with E-state index in [9.17, 15) is 0 Å². The molecule has 2 N–H and O–H groups in total. The van der Waals surface area contributed by atoms with E-state index in [0.717, 1.165) is 17.5 Å². The molecule has 0 aromatic heterocycles. The van der Waals surface area contributed by atoms with E-state index in [1.165, 1.54) is 0 Å². The Labute approximate surface area is 83.9 Å². The fourth-order valence-electron chi connectivity index (χ4n) is 0.969. The summed E-state index contributed by atoms with van der Waals surface area (Å²) in [5.74, 6) is 6.55. The van der Waals surface area contributed by atoms with Crippen LogP contribution in [-0.2, 0) is 5.88 Å². The Morgan fingerprint density at radius 2 is 2.23 bits per heavy atom. The Morgan fingerprint density at radius 1 is 1.38 bits per heavy atom. The SMILES string of the molecule is NCCC#Cc1cccc(CCl)c1. The van der Waals surface area contributed by atoms with Crippen molar-refractivity contribution in [1.29, 1.82) is 0 Å². The first-order chi connectivity index (χ1) is 6.36. The number of benzene rings is 1. The van der Waals surface area contributed by atoms with E-state index < -0.39 is 0 Å². The Balaban J connectivity index is 2.73. The lowest BCUT2D eigenvalue weighted by molar-refractivity contribution is 1.03. The Bertz CT molecular complexity index is 322. The lowest BCUT2D eigenvalue weighted by atomic mass is 10.1. The molecule has 2 heteroatoms. The molecule has 0 atom stereocenters. The lowest BCUT2D eigenvalue weighted by Crippen LogP contribution is -1.95. The third kappa shape index (κ3) is 3.50. The molecule has 68 valence electrons. The van der Waals surface area contributed by atoms with Crippen LogP contribution in [0.2, 0.25) is 0 Å². The molecule has 0 bridgehead atoms. The minimum atomic E-state index is 0.534. The number of rotatable bonds is 2. The minimum Gasteiger partial charge on any atom is -0.330 e. The lowest BCUT2D eigenvalue weighted by Gasteiger charge is -1.94. The van der Waals surface area contributed by atoms with Crippen molar-refractivity contribution in [2.45, 2.75) is 12.3 Å². The van der Waals surface area contributed by atoms with Gasteiger partial charge in [0.05, 0.1) is 0 Å². The first kappa shape index (κ1) is 10.1. The molecule has 0 saturated heterocycles. The normalized spacial score (nSPS) is 9.08. The fourth-order valence-corrected chi connectivity index (χ4v) is 1.14. The molecule has 0 saturated carbocycles. The topological polar surface area (TPSA) is 26.0 Å². The van der Waals surface area contributed by atoms with Gasteiger partial charge in [-0.2, -0.15) is 0 Å². The van der Waals surface area contributed by atoms with E-state index in [2.05, 4.69) is 11.8 Å². The second kappa shape index (κ2) is 5.64. The van der Waals surface area contributed by atoms with Gasteiger partial charge >= 0.3 is 0 Å². The predicted molar refractivity (Wildman–Crippen MR) is 56.5 cm³/mol. The molecule has 0 spiro atoms. The summed E-state index contributed by atoms with van der Waals surface area (Å²) in [6, 6.07) is 7.92. The summed E-state index contributed by atoms with van der Waals surface area (Å²) in [6.45, 7) is 0.613. The molecule has 0 heterocycles. The Morgan fingerprint density at radius 3 is 2.92 bits per heavy atom. The molecular weight excluding hydrogens is 182 g/mol. The summed E-state index contributed by atoms with van der Waals surface area (Å²) in [6.07, 6.45) is 0.741. The maximum Gasteiger partial charge on any atom is 0.0474 e. The molecule has 0 radical (unpaired) electrons. The first-order valence-electron chi connectivity index (χ1n) is 4.20. The van der Waals surface area contributed by atoms with Gasteiger partial charge in [-0.05, 0) is 17.7 Å². The highest BCUT2D eigenvalue weighted by molar-refractivity contribution is 6.17. The summed E-state index contributed by atoms with van der Waals surface area (Å²) in [4.78, 5) is 0. The second-order valence-corrected chi connectivity index (χ2v) is 2.94. The third-order valence-corrected chi connectivity index (χ3v) is 1.89. The van der Waals surface area contributed by atoms with E-state index >= 15 is 0 Å². The van der Waals surface area contributed by atoms with Crippen molar-refractivity contribution in [2.75, 3.05) is 6.54 Å². The van der Waals surface area contributed by atoms with Gasteiger partial charge in [-0.3, -0.25) is 0 Å². The van der Waals surface area contributed by atoms with E-state index in [-0.39, 0.29) is 0 Å². The second-order valence-electron chi connectivity index (χ2n) is 2.67. The summed E-state index contributed by atoms with van der Waals surface area (Å²) in [5.41, 5.74) is 7.43. The van der Waals surface area contributed by atoms with Crippen molar-refractivity contribution in [2.24, 2.45) is 5.73 Å². The van der Waals surface area contributed by atoms with Crippen LogP contribution in [0.25, 0.3) is 0 Å². The van der Waals surface area contributed by atoms with Crippen molar-refractivity contribution >= 4 is 11.6 Å². The van der Waals surface area contributed by atoms with Gasteiger partial charge in [-0.1, -0.05) is 24.0 Å². The monoisotopic (exact) mass is 193 g/mol. The van der Waals surface area contributed by atoms with Crippen LogP contribution in [0.4, 0.5) is 0 Å². The number of halogens is 1. The average Bonchev–Trinajstić information content (AvgIpc) is 2.19. The Kier molecular flexibility index (Phi) is 4.39. The molecule has 0 amide bonds. The van der Waals surface area contributed by atoms with E-state index in [0.29, 0.717) is 12.4 Å². The van der Waals surface area contributed by atoms with Crippen LogP contribution in [0.5, 0.6) is 0 Å². The molecule has 1 aromatic rings. The van der Waals surface area contributed by atoms with Crippen LogP contribution in [0.3, 0.4) is 0 Å². The molecule has 1 aromatic carbocycles. The van der Waals surface area contributed by atoms with Crippen LogP contribution in [0, 0.1) is 11.8 Å². The van der Waals surface area contributed by atoms with E-state index in [1.807, 2.05) is 24.3 Å². The molecular formula is C11H12ClN. The van der Waals surface area contributed by atoms with Crippen molar-refractivity contribution in [1.82, 2.24) is 0 Å². The van der Waals surface area contributed by atoms with Crippen molar-refractivity contribution < 1.29 is 0 Å². The molecule has 0 aliphatic carbocycles. The maximum atomic E-state index is 5.69. The standard InChI is InChI=1S/C11H12ClN/c12-9-11-6-3-5-10(8-11)4-1-2-7-13/h3,5-6,8H,2,7,9,13H2. The first-order valence-corrected chi connectivity index (χ1v) is 4.74. The van der Waals surface area contributed by atoms with Crippen LogP contribution < -0.4 is 5.73 Å². The average molecular weight is 194 g/mol. The van der Waals surface area contributed by atoms with Gasteiger partial charge in [-0.15, -0.1) is 11.6 Å². The maximum absolute atomic E-state index is 5.69. The number of alkyl halides is 1. The zero-order valence-corrected chi connectivity index (χ0v) is 8.14. The summed E-state index contributed by atoms with van der Waals surface area (Å²) < 4.78 is 0. The van der Waals surface area contributed by atoms with Gasteiger partial charge in [0.2, 0.25) is 0 Å². The van der Waals surface area contributed by atoms with Crippen LogP contribution >= 0.6 is 11.6 Å². The van der Waals surface area contributed by atoms with Gasteiger partial charge in [0.15, 0.2) is 0 Å². The molecule has 0 aliphatic heterocycles. The predicted octanol–water partition coefficient (Wildman–Crippen LogP) is 2.13. The molecule has 0 aliphatic rings. The van der Waals surface area contributed by atoms with E-state index in [1.54, 1.807) is 0 Å². The highest BCUT2D eigenvalue weighted by Crippen LogP contribution is 2.06. The highest BCUT2D eigenvalue weighted by Gasteiger charge is 1.90. The minimum absolute atomic E-state index is 0.534.